The summed E-state index contributed by atoms with van der Waals surface area (Å²) in [6.07, 6.45) is 6.22. The van der Waals surface area contributed by atoms with Crippen molar-refractivity contribution in [3.63, 3.8) is 0 Å². The monoisotopic (exact) mass is 1480 g/mol. The number of anilines is 3. The molecule has 3 saturated heterocycles. The number of aromatic nitrogens is 12. The quantitative estimate of drug-likeness (QED) is 0.136. The van der Waals surface area contributed by atoms with Gasteiger partial charge in [0, 0.05) is 77.6 Å². The van der Waals surface area contributed by atoms with Crippen molar-refractivity contribution >= 4 is 79.0 Å². The summed E-state index contributed by atoms with van der Waals surface area (Å²) in [4.78, 5) is 67.9. The zero-order chi connectivity index (χ0) is 71.8. The summed E-state index contributed by atoms with van der Waals surface area (Å²) in [5.41, 5.74) is -1.03. The predicted molar refractivity (Wildman–Crippen MR) is 356 cm³/mol. The van der Waals surface area contributed by atoms with Crippen LogP contribution in [0, 0.1) is 0 Å². The summed E-state index contributed by atoms with van der Waals surface area (Å²) >= 11 is 6.09. The lowest BCUT2D eigenvalue weighted by Gasteiger charge is -2.45. The number of halogens is 1. The Kier molecular flexibility index (Phi) is 20.5. The molecule has 0 saturated carbocycles. The molecule has 6 aromatic rings. The van der Waals surface area contributed by atoms with E-state index in [-0.39, 0.29) is 88.3 Å². The number of H-pyrrole nitrogens is 3. The highest BCUT2D eigenvalue weighted by Crippen LogP contribution is 2.47. The highest BCUT2D eigenvalue weighted by Gasteiger charge is 2.48. The second kappa shape index (κ2) is 26.9. The zero-order valence-electron chi connectivity index (χ0n) is 56.2. The maximum atomic E-state index is 12.7. The molecule has 0 radical (unpaired) electrons. The molecule has 0 bridgehead atoms. The Hall–Kier alpha value is -7.09. The molecule has 0 aromatic carbocycles. The van der Waals surface area contributed by atoms with Crippen LogP contribution < -0.4 is 45.6 Å². The molecule has 0 aliphatic carbocycles. The number of rotatable bonds is 12. The van der Waals surface area contributed by atoms with E-state index < -0.39 is 75.3 Å². The first-order valence-corrected chi connectivity index (χ1v) is 38.9. The molecule has 42 heteroatoms. The number of nitrogens with one attached hydrogen (secondary N) is 3. The van der Waals surface area contributed by atoms with E-state index in [4.69, 9.17) is 40.0 Å². The van der Waals surface area contributed by atoms with Crippen LogP contribution >= 0.6 is 11.6 Å². The molecule has 36 nitrogen and oxygen atoms in total. The normalized spacial score (nSPS) is 21.2. The predicted octanol–water partition coefficient (Wildman–Crippen LogP) is 0.00180. The maximum absolute atomic E-state index is 12.7. The van der Waals surface area contributed by atoms with Gasteiger partial charge in [-0.15, -0.1) is 8.17 Å². The minimum atomic E-state index is -4.12. The summed E-state index contributed by atoms with van der Waals surface area (Å²) in [5.74, 6) is 2.57. The molecule has 12 rings (SSSR count). The lowest BCUT2D eigenvalue weighted by molar-refractivity contribution is 0.0481. The molecular weight excluding hydrogens is 1400 g/mol. The Morgan fingerprint density at radius 1 is 0.505 bits per heavy atom. The first-order valence-electron chi connectivity index (χ1n) is 30.1. The number of aromatic amines is 3. The van der Waals surface area contributed by atoms with Gasteiger partial charge in [0.2, 0.25) is 5.28 Å². The Balaban J connectivity index is 0.000000159. The SMILES string of the molecule is CN(C)S(=O)(=O)n1[nH]ccc1=O.C[C@@H]1COC[C@H]2COc3c(nc(-c4cc(=O)n(S(=O)(=O)N(C)C)[nH]4)nc3C(C)(C)S(C)(=O)=O)N21.C[C@@H]1COC[C@H]2COc3c(nc(-n4ccc(=O)[nH]4)nc3C(C)(C)S(C)(=O)=O)N21.C[C@@H]1COC[C@H]2COc3c(nc(Cl)nc3C(C)(C)S(C)(=O)=O)N21. The van der Waals surface area contributed by atoms with Crippen LogP contribution in [0.25, 0.3) is 17.5 Å². The Bertz CT molecular complexity index is 4760. The highest BCUT2D eigenvalue weighted by molar-refractivity contribution is 7.92. The van der Waals surface area contributed by atoms with Crippen LogP contribution in [0.5, 0.6) is 17.2 Å². The Labute approximate surface area is 565 Å². The Morgan fingerprint density at radius 2 is 0.907 bits per heavy atom. The zero-order valence-corrected chi connectivity index (χ0v) is 61.0. The third-order valence-corrected chi connectivity index (χ3v) is 27.0. The second-order valence-corrected chi connectivity index (χ2v) is 37.8. The van der Waals surface area contributed by atoms with Gasteiger partial charge in [-0.25, -0.2) is 49.9 Å². The van der Waals surface area contributed by atoms with Crippen LogP contribution in [0.15, 0.2) is 45.0 Å². The molecule has 536 valence electrons. The number of hydrogen-bond donors (Lipinski definition) is 3. The first-order chi connectivity index (χ1) is 44.8. The van der Waals surface area contributed by atoms with Crippen molar-refractivity contribution in [3.8, 4) is 34.7 Å². The van der Waals surface area contributed by atoms with Crippen molar-refractivity contribution < 1.29 is 70.5 Å². The minimum Gasteiger partial charge on any atom is -0.486 e. The molecule has 6 atom stereocenters. The smallest absolute Gasteiger partial charge is 0.324 e. The van der Waals surface area contributed by atoms with E-state index in [0.29, 0.717) is 95.7 Å². The van der Waals surface area contributed by atoms with E-state index in [1.165, 1.54) is 77.7 Å². The van der Waals surface area contributed by atoms with Gasteiger partial charge in [-0.1, -0.05) is 0 Å². The van der Waals surface area contributed by atoms with Crippen molar-refractivity contribution in [1.82, 2.24) is 66.7 Å². The first kappa shape index (κ1) is 74.1. The average molecular weight is 1480 g/mol. The second-order valence-electron chi connectivity index (χ2n) is 25.8. The molecular formula is C55H80ClN17O19S5. The van der Waals surface area contributed by atoms with Gasteiger partial charge in [0.25, 0.3) is 22.6 Å². The van der Waals surface area contributed by atoms with Crippen LogP contribution in [0.2, 0.25) is 5.28 Å². The van der Waals surface area contributed by atoms with Gasteiger partial charge in [0.1, 0.15) is 56.8 Å². The van der Waals surface area contributed by atoms with Gasteiger partial charge >= 0.3 is 20.4 Å². The van der Waals surface area contributed by atoms with Crippen molar-refractivity contribution in [2.45, 2.75) is 113 Å². The fraction of sp³-hybridized carbons (Fsp3) is 0.618. The standard InChI is InChI=1S/C19H28N6O7S2.C17H23N5O5S.C14H20ClN3O4S.C5H9N3O3S/c1-11-8-31-9-12-10-32-15-16(19(2,3)33(6,27)28)20-17(21-18(15)24(11)12)13-7-14(26)25(22-13)34(29,30)23(4)5;1-10-7-26-8-11-9-27-13-14(17(2,3)28(4,24)25)18-16(19-15(13)22(10)11)21-6-5-12(23)20-21;1-8-5-21-6-9-7-22-10-11(14(2,3)23(4,19)20)16-13(15)17-12(10)18(8)9;1-7(2)12(10,11)8-5(9)3-4-6-8/h7,11-12,22H,8-10H2,1-6H3;5-6,10-11H,7-9H2,1-4H3,(H,20,23);8-9H,5-7H2,1-4H3;3-4,6H,1-2H3/t11-,12+;10-,11+;8-,9+;/m111./s1. The van der Waals surface area contributed by atoms with Crippen LogP contribution in [-0.2, 0) is 78.4 Å². The number of nitrogens with zero attached hydrogens (tertiary/aromatic N) is 14. The number of morpholine rings is 3. The van der Waals surface area contributed by atoms with Gasteiger partial charge in [-0.3, -0.25) is 29.7 Å². The average Bonchev–Trinajstić information content (AvgIpc) is 1.42. The van der Waals surface area contributed by atoms with Crippen LogP contribution in [0.4, 0.5) is 17.5 Å². The molecule has 6 aromatic heterocycles. The van der Waals surface area contributed by atoms with E-state index in [9.17, 15) is 56.5 Å². The summed E-state index contributed by atoms with van der Waals surface area (Å²) in [6.45, 7) is 19.4. The molecule has 0 amide bonds. The fourth-order valence-electron chi connectivity index (χ4n) is 10.9. The van der Waals surface area contributed by atoms with E-state index in [2.05, 4.69) is 55.0 Å². The van der Waals surface area contributed by atoms with E-state index >= 15 is 0 Å². The number of ether oxygens (including phenoxy) is 6. The van der Waals surface area contributed by atoms with E-state index in [0.717, 1.165) is 27.0 Å². The van der Waals surface area contributed by atoms with Gasteiger partial charge < -0.3 is 43.1 Å². The Morgan fingerprint density at radius 3 is 1.30 bits per heavy atom. The molecule has 12 heterocycles. The molecule has 3 fully saturated rings. The van der Waals surface area contributed by atoms with Crippen LogP contribution in [-0.4, -0.2) is 251 Å². The fourth-order valence-corrected chi connectivity index (χ4v) is 14.1. The molecule has 0 unspecified atom stereocenters. The lowest BCUT2D eigenvalue weighted by Crippen LogP contribution is -2.56. The van der Waals surface area contributed by atoms with E-state index in [1.54, 1.807) is 27.7 Å². The topological polar surface area (TPSA) is 433 Å². The summed E-state index contributed by atoms with van der Waals surface area (Å²) in [5, 5.41) is 7.46. The summed E-state index contributed by atoms with van der Waals surface area (Å²) in [6, 6.07) is 3.44. The maximum Gasteiger partial charge on any atom is 0.324 e. The largest absolute Gasteiger partial charge is 0.486 e. The van der Waals surface area contributed by atoms with Gasteiger partial charge in [0.05, 0.1) is 75.9 Å². The minimum absolute atomic E-state index is 0.0124. The number of hydrogen-bond acceptors (Lipinski definition) is 28. The third kappa shape index (κ3) is 14.1. The number of fused-ring (bicyclic) bond motifs is 9. The van der Waals surface area contributed by atoms with E-state index in [1.807, 2.05) is 25.7 Å². The molecule has 3 N–H and O–H groups in total. The molecule has 97 heavy (non-hydrogen) atoms. The summed E-state index contributed by atoms with van der Waals surface area (Å²) in [7, 11) is -13.1. The lowest BCUT2D eigenvalue weighted by atomic mass is 10.0. The van der Waals surface area contributed by atoms with Crippen molar-refractivity contribution in [3.05, 3.63) is 84.0 Å². The summed E-state index contributed by atoms with van der Waals surface area (Å²) < 4.78 is 157. The van der Waals surface area contributed by atoms with Gasteiger partial charge in [0.15, 0.2) is 70.0 Å². The van der Waals surface area contributed by atoms with Crippen molar-refractivity contribution in [2.75, 3.05) is 121 Å². The molecule has 6 aliphatic heterocycles. The number of sulfone groups is 3. The molecule has 0 spiro atoms. The third-order valence-electron chi connectivity index (χ3n) is 17.4. The van der Waals surface area contributed by atoms with Gasteiger partial charge in [-0.2, -0.15) is 35.4 Å². The molecule has 6 aliphatic rings. The van der Waals surface area contributed by atoms with Crippen molar-refractivity contribution in [2.24, 2.45) is 0 Å². The van der Waals surface area contributed by atoms with Crippen LogP contribution in [0.1, 0.15) is 79.4 Å². The highest BCUT2D eigenvalue weighted by atomic mass is 35.5. The van der Waals surface area contributed by atoms with Gasteiger partial charge in [-0.05, 0) is 73.9 Å². The van der Waals surface area contributed by atoms with Crippen molar-refractivity contribution in [1.29, 1.82) is 0 Å². The van der Waals surface area contributed by atoms with Crippen LogP contribution in [0.3, 0.4) is 0 Å².